The van der Waals surface area contributed by atoms with Crippen LogP contribution in [0.2, 0.25) is 0 Å². The molecule has 0 amide bonds. The molecular formula is C14H22FN3O2S. The first-order valence-electron chi connectivity index (χ1n) is 7.07. The van der Waals surface area contributed by atoms with Crippen molar-refractivity contribution in [2.45, 2.75) is 37.1 Å². The first-order chi connectivity index (χ1) is 9.81. The highest BCUT2D eigenvalue weighted by Crippen LogP contribution is 2.21. The molecule has 0 bridgehead atoms. The average Bonchev–Trinajstić information content (AvgIpc) is 2.43. The van der Waals surface area contributed by atoms with E-state index in [4.69, 9.17) is 5.73 Å². The standard InChI is InChI=1S/C14H22FN3O2S/c1-10-13(15)7-12(8-14(10)16)21(19,20)17-9-11-5-3-4-6-18(11)2/h7-8,11,17H,3-6,9,16H2,1-2H3. The van der Waals surface area contributed by atoms with Crippen molar-refractivity contribution in [3.8, 4) is 0 Å². The van der Waals surface area contributed by atoms with Crippen LogP contribution >= 0.6 is 0 Å². The molecule has 3 N–H and O–H groups in total. The van der Waals surface area contributed by atoms with Gasteiger partial charge in [0.2, 0.25) is 10.0 Å². The third-order valence-corrected chi connectivity index (χ3v) is 5.50. The van der Waals surface area contributed by atoms with E-state index >= 15 is 0 Å². The van der Waals surface area contributed by atoms with Gasteiger partial charge in [0.1, 0.15) is 5.82 Å². The maximum Gasteiger partial charge on any atom is 0.240 e. The van der Waals surface area contributed by atoms with Crippen molar-refractivity contribution in [3.05, 3.63) is 23.5 Å². The predicted molar refractivity (Wildman–Crippen MR) is 81.0 cm³/mol. The number of nitrogens with zero attached hydrogens (tertiary/aromatic N) is 1. The van der Waals surface area contributed by atoms with Crippen LogP contribution in [0.5, 0.6) is 0 Å². The maximum absolute atomic E-state index is 13.6. The minimum atomic E-state index is -3.74. The second-order valence-corrected chi connectivity index (χ2v) is 7.37. The summed E-state index contributed by atoms with van der Waals surface area (Å²) in [7, 11) is -1.75. The van der Waals surface area contributed by atoms with Crippen LogP contribution in [0, 0.1) is 12.7 Å². The molecule has 1 aliphatic heterocycles. The normalized spacial score (nSPS) is 20.6. The highest BCUT2D eigenvalue weighted by molar-refractivity contribution is 7.89. The SMILES string of the molecule is Cc1c(N)cc(S(=O)(=O)NCC2CCCCN2C)cc1F. The second-order valence-electron chi connectivity index (χ2n) is 5.60. The maximum atomic E-state index is 13.6. The third-order valence-electron chi connectivity index (χ3n) is 4.10. The number of rotatable bonds is 4. The molecule has 1 aliphatic rings. The van der Waals surface area contributed by atoms with E-state index in [2.05, 4.69) is 9.62 Å². The van der Waals surface area contributed by atoms with Crippen molar-refractivity contribution in [2.24, 2.45) is 0 Å². The van der Waals surface area contributed by atoms with Crippen LogP contribution in [0.25, 0.3) is 0 Å². The number of hydrogen-bond donors (Lipinski definition) is 2. The van der Waals surface area contributed by atoms with Crippen LogP contribution in [0.1, 0.15) is 24.8 Å². The minimum Gasteiger partial charge on any atom is -0.398 e. The van der Waals surface area contributed by atoms with E-state index in [1.54, 1.807) is 0 Å². The fraction of sp³-hybridized carbons (Fsp3) is 0.571. The molecule has 1 fully saturated rings. The minimum absolute atomic E-state index is 0.124. The van der Waals surface area contributed by atoms with Crippen LogP contribution in [-0.2, 0) is 10.0 Å². The van der Waals surface area contributed by atoms with Crippen molar-refractivity contribution in [1.82, 2.24) is 9.62 Å². The highest BCUT2D eigenvalue weighted by atomic mass is 32.2. The lowest BCUT2D eigenvalue weighted by molar-refractivity contribution is 0.187. The van der Waals surface area contributed by atoms with Gasteiger partial charge in [0.15, 0.2) is 0 Å². The Morgan fingerprint density at radius 1 is 1.43 bits per heavy atom. The summed E-state index contributed by atoms with van der Waals surface area (Å²) in [6, 6.07) is 2.49. The smallest absolute Gasteiger partial charge is 0.240 e. The monoisotopic (exact) mass is 315 g/mol. The van der Waals surface area contributed by atoms with Crippen LogP contribution in [0.4, 0.5) is 10.1 Å². The zero-order chi connectivity index (χ0) is 15.6. The van der Waals surface area contributed by atoms with Gasteiger partial charge in [-0.3, -0.25) is 0 Å². The number of sulfonamides is 1. The van der Waals surface area contributed by atoms with Crippen molar-refractivity contribution in [2.75, 3.05) is 25.9 Å². The van der Waals surface area contributed by atoms with E-state index in [0.717, 1.165) is 31.9 Å². The van der Waals surface area contributed by atoms with Gasteiger partial charge in [-0.1, -0.05) is 6.42 Å². The van der Waals surface area contributed by atoms with E-state index in [-0.39, 0.29) is 22.2 Å². The Balaban J connectivity index is 2.11. The van der Waals surface area contributed by atoms with E-state index in [1.165, 1.54) is 13.0 Å². The molecule has 21 heavy (non-hydrogen) atoms. The Kier molecular flexibility index (Phi) is 4.85. The second kappa shape index (κ2) is 6.29. The highest BCUT2D eigenvalue weighted by Gasteiger charge is 2.23. The summed E-state index contributed by atoms with van der Waals surface area (Å²) >= 11 is 0. The number of benzene rings is 1. The quantitative estimate of drug-likeness (QED) is 0.825. The number of anilines is 1. The summed E-state index contributed by atoms with van der Waals surface area (Å²) in [6.07, 6.45) is 3.20. The molecule has 0 spiro atoms. The van der Waals surface area contributed by atoms with Crippen molar-refractivity contribution < 1.29 is 12.8 Å². The molecule has 1 atom stereocenters. The van der Waals surface area contributed by atoms with Crippen LogP contribution in [0.3, 0.4) is 0 Å². The van der Waals surface area contributed by atoms with E-state index < -0.39 is 15.8 Å². The zero-order valence-electron chi connectivity index (χ0n) is 12.4. The van der Waals surface area contributed by atoms with E-state index in [1.807, 2.05) is 7.05 Å². The van der Waals surface area contributed by atoms with Gasteiger partial charge < -0.3 is 10.6 Å². The number of likely N-dealkylation sites (tertiary alicyclic amines) is 1. The Hall–Kier alpha value is -1.18. The molecule has 2 rings (SSSR count). The van der Waals surface area contributed by atoms with Gasteiger partial charge in [-0.15, -0.1) is 0 Å². The molecule has 5 nitrogen and oxygen atoms in total. The molecule has 1 saturated heterocycles. The number of likely N-dealkylation sites (N-methyl/N-ethyl adjacent to an activating group) is 1. The Morgan fingerprint density at radius 2 is 2.14 bits per heavy atom. The van der Waals surface area contributed by atoms with Crippen LogP contribution in [0.15, 0.2) is 17.0 Å². The van der Waals surface area contributed by atoms with Crippen LogP contribution < -0.4 is 10.5 Å². The Labute approximate surface area is 125 Å². The molecule has 0 aliphatic carbocycles. The van der Waals surface area contributed by atoms with Crippen molar-refractivity contribution in [1.29, 1.82) is 0 Å². The predicted octanol–water partition coefficient (Wildman–Crippen LogP) is 1.48. The molecule has 0 radical (unpaired) electrons. The molecule has 1 heterocycles. The topological polar surface area (TPSA) is 75.4 Å². The van der Waals surface area contributed by atoms with Crippen LogP contribution in [-0.4, -0.2) is 39.5 Å². The van der Waals surface area contributed by atoms with E-state index in [9.17, 15) is 12.8 Å². The number of nitrogens with two attached hydrogens (primary N) is 1. The van der Waals surface area contributed by atoms with Crippen molar-refractivity contribution in [3.63, 3.8) is 0 Å². The summed E-state index contributed by atoms with van der Waals surface area (Å²) in [5.74, 6) is -0.606. The molecule has 1 aromatic rings. The van der Waals surface area contributed by atoms with Gasteiger partial charge in [-0.2, -0.15) is 0 Å². The molecule has 1 aromatic carbocycles. The molecule has 118 valence electrons. The van der Waals surface area contributed by atoms with E-state index in [0.29, 0.717) is 6.54 Å². The molecular weight excluding hydrogens is 293 g/mol. The van der Waals surface area contributed by atoms with Gasteiger partial charge in [0.25, 0.3) is 0 Å². The lowest BCUT2D eigenvalue weighted by Gasteiger charge is -2.32. The summed E-state index contributed by atoms with van der Waals surface area (Å²) in [6.45, 7) is 2.82. The third kappa shape index (κ3) is 3.72. The molecule has 0 aromatic heterocycles. The number of nitrogen functional groups attached to an aromatic ring is 1. The van der Waals surface area contributed by atoms with Crippen molar-refractivity contribution >= 4 is 15.7 Å². The fourth-order valence-electron chi connectivity index (χ4n) is 2.52. The summed E-state index contributed by atoms with van der Waals surface area (Å²) in [5.41, 5.74) is 6.05. The van der Waals surface area contributed by atoms with Gasteiger partial charge in [0, 0.05) is 23.8 Å². The number of hydrogen-bond acceptors (Lipinski definition) is 4. The summed E-state index contributed by atoms with van der Waals surface area (Å²) in [5, 5.41) is 0. The van der Waals surface area contributed by atoms with Gasteiger partial charge in [0.05, 0.1) is 4.90 Å². The number of piperidine rings is 1. The first kappa shape index (κ1) is 16.2. The number of nitrogens with one attached hydrogen (secondary N) is 1. The number of halogens is 1. The average molecular weight is 315 g/mol. The molecule has 7 heteroatoms. The van der Waals surface area contributed by atoms with Gasteiger partial charge in [-0.25, -0.2) is 17.5 Å². The summed E-state index contributed by atoms with van der Waals surface area (Å²) < 4.78 is 40.7. The molecule has 1 unspecified atom stereocenters. The lowest BCUT2D eigenvalue weighted by Crippen LogP contribution is -2.44. The lowest BCUT2D eigenvalue weighted by atomic mass is 10.0. The zero-order valence-corrected chi connectivity index (χ0v) is 13.2. The fourth-order valence-corrected chi connectivity index (χ4v) is 3.64. The summed E-state index contributed by atoms with van der Waals surface area (Å²) in [4.78, 5) is 2.03. The van der Waals surface area contributed by atoms with Gasteiger partial charge >= 0.3 is 0 Å². The Morgan fingerprint density at radius 3 is 2.76 bits per heavy atom. The largest absolute Gasteiger partial charge is 0.398 e. The first-order valence-corrected chi connectivity index (χ1v) is 8.55. The molecule has 0 saturated carbocycles. The van der Waals surface area contributed by atoms with Gasteiger partial charge in [-0.05, 0) is 45.5 Å². The Bertz CT molecular complexity index is 596.